The van der Waals surface area contributed by atoms with Crippen molar-refractivity contribution in [3.05, 3.63) is 30.1 Å². The highest BCUT2D eigenvalue weighted by atomic mass is 16.3. The van der Waals surface area contributed by atoms with E-state index in [1.807, 2.05) is 13.1 Å². The molecule has 5 nitrogen and oxygen atoms in total. The maximum absolute atomic E-state index is 8.90. The Morgan fingerprint density at radius 3 is 3.11 bits per heavy atom. The Morgan fingerprint density at radius 2 is 2.33 bits per heavy atom. The number of imidazole rings is 1. The smallest absolute Gasteiger partial charge is 0.0931 e. The van der Waals surface area contributed by atoms with Gasteiger partial charge < -0.3 is 20.7 Å². The lowest BCUT2D eigenvalue weighted by Gasteiger charge is -2.19. The number of fused-ring (bicyclic) bond motifs is 1. The number of aliphatic hydroxyl groups excluding tert-OH is 1. The summed E-state index contributed by atoms with van der Waals surface area (Å²) in [6.07, 6.45) is 2.67. The van der Waals surface area contributed by atoms with E-state index in [9.17, 15) is 0 Å². The van der Waals surface area contributed by atoms with E-state index in [1.165, 1.54) is 5.56 Å². The quantitative estimate of drug-likeness (QED) is 0.689. The summed E-state index contributed by atoms with van der Waals surface area (Å²) < 4.78 is 0. The summed E-state index contributed by atoms with van der Waals surface area (Å²) in [7, 11) is 2.02. The molecule has 0 bridgehead atoms. The summed E-state index contributed by atoms with van der Waals surface area (Å²) in [4.78, 5) is 9.44. The number of aromatic amines is 1. The molecule has 0 amide bonds. The molecule has 5 heteroatoms. The van der Waals surface area contributed by atoms with E-state index < -0.39 is 0 Å². The first-order valence-electron chi connectivity index (χ1n) is 6.16. The third-order valence-corrected chi connectivity index (χ3v) is 3.05. The van der Waals surface area contributed by atoms with Gasteiger partial charge in [-0.1, -0.05) is 6.07 Å². The minimum Gasteiger partial charge on any atom is -0.395 e. The third-order valence-electron chi connectivity index (χ3n) is 3.05. The van der Waals surface area contributed by atoms with Crippen LogP contribution in [0.25, 0.3) is 11.0 Å². The van der Waals surface area contributed by atoms with Crippen LogP contribution in [-0.2, 0) is 6.42 Å². The van der Waals surface area contributed by atoms with Gasteiger partial charge in [0.15, 0.2) is 0 Å². The summed E-state index contributed by atoms with van der Waals surface area (Å²) in [5.41, 5.74) is 9.04. The van der Waals surface area contributed by atoms with Gasteiger partial charge in [-0.2, -0.15) is 0 Å². The lowest BCUT2D eigenvalue weighted by Crippen LogP contribution is -2.38. The molecule has 1 aromatic heterocycles. The van der Waals surface area contributed by atoms with Crippen LogP contribution in [0.15, 0.2) is 24.5 Å². The van der Waals surface area contributed by atoms with Crippen LogP contribution < -0.4 is 5.73 Å². The van der Waals surface area contributed by atoms with Gasteiger partial charge in [-0.25, -0.2) is 4.98 Å². The Morgan fingerprint density at radius 1 is 1.50 bits per heavy atom. The number of nitrogens with zero attached hydrogens (tertiary/aromatic N) is 2. The van der Waals surface area contributed by atoms with Crippen LogP contribution in [0.3, 0.4) is 0 Å². The minimum atomic E-state index is -0.162. The van der Waals surface area contributed by atoms with Gasteiger partial charge in [-0.3, -0.25) is 0 Å². The van der Waals surface area contributed by atoms with E-state index in [0.717, 1.165) is 24.0 Å². The van der Waals surface area contributed by atoms with Crippen molar-refractivity contribution in [2.75, 3.05) is 26.7 Å². The summed E-state index contributed by atoms with van der Waals surface area (Å²) >= 11 is 0. The fourth-order valence-electron chi connectivity index (χ4n) is 2.01. The maximum atomic E-state index is 8.90. The summed E-state index contributed by atoms with van der Waals surface area (Å²) in [5.74, 6) is 0. The Bertz CT molecular complexity index is 496. The number of benzene rings is 1. The normalized spacial score (nSPS) is 13.3. The zero-order chi connectivity index (χ0) is 13.0. The number of likely N-dealkylation sites (N-methyl/N-ethyl adjacent to an activating group) is 1. The number of rotatable bonds is 6. The van der Waals surface area contributed by atoms with Crippen molar-refractivity contribution in [3.63, 3.8) is 0 Å². The van der Waals surface area contributed by atoms with Gasteiger partial charge in [0.1, 0.15) is 0 Å². The van der Waals surface area contributed by atoms with Crippen LogP contribution in [0.2, 0.25) is 0 Å². The zero-order valence-electron chi connectivity index (χ0n) is 10.6. The van der Waals surface area contributed by atoms with Crippen molar-refractivity contribution in [2.45, 2.75) is 12.5 Å². The molecule has 4 N–H and O–H groups in total. The average Bonchev–Trinajstić information content (AvgIpc) is 2.83. The monoisotopic (exact) mass is 248 g/mol. The average molecular weight is 248 g/mol. The molecule has 0 fully saturated rings. The zero-order valence-corrected chi connectivity index (χ0v) is 10.6. The molecule has 98 valence electrons. The topological polar surface area (TPSA) is 78.2 Å². The molecule has 0 aliphatic heterocycles. The van der Waals surface area contributed by atoms with E-state index in [2.05, 4.69) is 27.0 Å². The number of hydrogen-bond acceptors (Lipinski definition) is 4. The van der Waals surface area contributed by atoms with Crippen LogP contribution in [-0.4, -0.2) is 52.8 Å². The van der Waals surface area contributed by atoms with E-state index in [-0.39, 0.29) is 12.6 Å². The van der Waals surface area contributed by atoms with E-state index >= 15 is 0 Å². The minimum absolute atomic E-state index is 0.0322. The Hall–Kier alpha value is -1.43. The molecule has 2 aromatic rings. The first kappa shape index (κ1) is 13.0. The van der Waals surface area contributed by atoms with Crippen molar-refractivity contribution in [3.8, 4) is 0 Å². The summed E-state index contributed by atoms with van der Waals surface area (Å²) in [5, 5.41) is 8.90. The molecule has 0 saturated carbocycles. The highest BCUT2D eigenvalue weighted by molar-refractivity contribution is 5.75. The molecular formula is C13H20N4O. The molecule has 18 heavy (non-hydrogen) atoms. The van der Waals surface area contributed by atoms with Crippen molar-refractivity contribution < 1.29 is 5.11 Å². The number of aliphatic hydroxyl groups is 1. The van der Waals surface area contributed by atoms with Crippen LogP contribution in [0.4, 0.5) is 0 Å². The molecule has 2 rings (SSSR count). The Balaban J connectivity index is 1.89. The van der Waals surface area contributed by atoms with Crippen molar-refractivity contribution in [1.29, 1.82) is 0 Å². The molecule has 0 saturated heterocycles. The first-order chi connectivity index (χ1) is 8.69. The van der Waals surface area contributed by atoms with Crippen molar-refractivity contribution in [2.24, 2.45) is 5.73 Å². The molecule has 0 radical (unpaired) electrons. The number of nitrogens with one attached hydrogen (secondary N) is 1. The van der Waals surface area contributed by atoms with Gasteiger partial charge >= 0.3 is 0 Å². The van der Waals surface area contributed by atoms with Gasteiger partial charge in [-0.15, -0.1) is 0 Å². The predicted molar refractivity (Wildman–Crippen MR) is 72.4 cm³/mol. The van der Waals surface area contributed by atoms with Gasteiger partial charge in [0.2, 0.25) is 0 Å². The fraction of sp³-hybridized carbons (Fsp3) is 0.462. The molecular weight excluding hydrogens is 228 g/mol. The molecule has 1 atom stereocenters. The van der Waals surface area contributed by atoms with Gasteiger partial charge in [-0.05, 0) is 31.2 Å². The molecule has 1 aromatic carbocycles. The maximum Gasteiger partial charge on any atom is 0.0931 e. The second-order valence-electron chi connectivity index (χ2n) is 4.71. The number of nitrogens with two attached hydrogens (primary N) is 1. The molecule has 1 heterocycles. The predicted octanol–water partition coefficient (Wildman–Crippen LogP) is 0.357. The lowest BCUT2D eigenvalue weighted by atomic mass is 10.1. The Labute approximate surface area is 107 Å². The molecule has 0 aliphatic carbocycles. The van der Waals surface area contributed by atoms with Crippen LogP contribution in [0.5, 0.6) is 0 Å². The van der Waals surface area contributed by atoms with Crippen molar-refractivity contribution >= 4 is 11.0 Å². The van der Waals surface area contributed by atoms with E-state index in [1.54, 1.807) is 6.33 Å². The first-order valence-corrected chi connectivity index (χ1v) is 6.16. The van der Waals surface area contributed by atoms with Crippen molar-refractivity contribution in [1.82, 2.24) is 14.9 Å². The van der Waals surface area contributed by atoms with Crippen LogP contribution in [0.1, 0.15) is 5.56 Å². The summed E-state index contributed by atoms with van der Waals surface area (Å²) in [6, 6.07) is 6.09. The standard InChI is InChI=1S/C13H20N4O/c1-17(7-11(14)8-18)5-4-10-2-3-12-13(6-10)16-9-15-12/h2-3,6,9,11,18H,4-5,7-8,14H2,1H3,(H,15,16). The fourth-order valence-corrected chi connectivity index (χ4v) is 2.01. The third kappa shape index (κ3) is 3.29. The molecule has 1 unspecified atom stereocenters. The van der Waals surface area contributed by atoms with Gasteiger partial charge in [0, 0.05) is 19.1 Å². The SMILES string of the molecule is CN(CCc1ccc2nc[nH]c2c1)CC(N)CO. The summed E-state index contributed by atoms with van der Waals surface area (Å²) in [6.45, 7) is 1.67. The van der Waals surface area contributed by atoms with Gasteiger partial charge in [0.05, 0.1) is 24.0 Å². The van der Waals surface area contributed by atoms with Gasteiger partial charge in [0.25, 0.3) is 0 Å². The second-order valence-corrected chi connectivity index (χ2v) is 4.71. The molecule has 0 aliphatic rings. The highest BCUT2D eigenvalue weighted by Gasteiger charge is 2.06. The second kappa shape index (κ2) is 5.95. The Kier molecular flexibility index (Phi) is 4.30. The van der Waals surface area contributed by atoms with Crippen LogP contribution in [0, 0.1) is 0 Å². The molecule has 0 spiro atoms. The number of hydrogen-bond donors (Lipinski definition) is 3. The highest BCUT2D eigenvalue weighted by Crippen LogP contribution is 2.12. The number of H-pyrrole nitrogens is 1. The van der Waals surface area contributed by atoms with E-state index in [4.69, 9.17) is 10.8 Å². The largest absolute Gasteiger partial charge is 0.395 e. The van der Waals surface area contributed by atoms with E-state index in [0.29, 0.717) is 6.54 Å². The number of aromatic nitrogens is 2. The van der Waals surface area contributed by atoms with Crippen LogP contribution >= 0.6 is 0 Å². The lowest BCUT2D eigenvalue weighted by molar-refractivity contribution is 0.223.